The van der Waals surface area contributed by atoms with Crippen LogP contribution in [0.3, 0.4) is 0 Å². The molecule has 1 aromatic carbocycles. The highest BCUT2D eigenvalue weighted by atomic mass is 32.2. The highest BCUT2D eigenvalue weighted by molar-refractivity contribution is 7.97. The van der Waals surface area contributed by atoms with Gasteiger partial charge in [0, 0.05) is 31.1 Å². The Balaban J connectivity index is 1.97. The minimum Gasteiger partial charge on any atom is -0.380 e. The fraction of sp³-hybridized carbons (Fsp3) is 0.417. The summed E-state index contributed by atoms with van der Waals surface area (Å²) in [7, 11) is 0. The lowest BCUT2D eigenvalue weighted by Gasteiger charge is -2.34. The fourth-order valence-electron chi connectivity index (χ4n) is 1.95. The van der Waals surface area contributed by atoms with Gasteiger partial charge in [0.05, 0.1) is 11.3 Å². The summed E-state index contributed by atoms with van der Waals surface area (Å²) in [6, 6.07) is 4.77. The summed E-state index contributed by atoms with van der Waals surface area (Å²) >= 11 is 0.894. The molecule has 0 spiro atoms. The molecule has 1 aromatic rings. The van der Waals surface area contributed by atoms with Gasteiger partial charge < -0.3 is 5.32 Å². The number of nitrogens with zero attached hydrogens (tertiary/aromatic N) is 2. The van der Waals surface area contributed by atoms with E-state index >= 15 is 0 Å². The monoisotopic (exact) mass is 284 g/mol. The van der Waals surface area contributed by atoms with E-state index in [-0.39, 0.29) is 11.3 Å². The first-order chi connectivity index (χ1) is 9.13. The van der Waals surface area contributed by atoms with Crippen LogP contribution >= 0.6 is 11.9 Å². The molecule has 0 saturated carbocycles. The first kappa shape index (κ1) is 14.1. The Morgan fingerprint density at radius 3 is 2.84 bits per heavy atom. The average Bonchev–Trinajstić information content (AvgIpc) is 2.37. The number of hydrogen-bond acceptors (Lipinski definition) is 5. The molecule has 2 rings (SSSR count). The second-order valence-electron chi connectivity index (χ2n) is 4.34. The third kappa shape index (κ3) is 3.35. The predicted molar refractivity (Wildman–Crippen MR) is 71.0 cm³/mol. The molecule has 1 heterocycles. The number of nitriles is 1. The third-order valence-electron chi connectivity index (χ3n) is 2.96. The maximum Gasteiger partial charge on any atom is 0.148 e. The van der Waals surface area contributed by atoms with E-state index in [2.05, 4.69) is 5.32 Å². The van der Waals surface area contributed by atoms with Gasteiger partial charge in [-0.05, 0) is 24.1 Å². The van der Waals surface area contributed by atoms with E-state index in [0.29, 0.717) is 31.1 Å². The number of alkyl halides is 1. The van der Waals surface area contributed by atoms with E-state index in [4.69, 9.17) is 10.4 Å². The van der Waals surface area contributed by atoms with Gasteiger partial charge >= 0.3 is 0 Å². The van der Waals surface area contributed by atoms with Crippen molar-refractivity contribution in [2.75, 3.05) is 31.5 Å². The van der Waals surface area contributed by atoms with Crippen LogP contribution in [-0.4, -0.2) is 37.3 Å². The van der Waals surface area contributed by atoms with Crippen molar-refractivity contribution < 1.29 is 8.78 Å². The lowest BCUT2D eigenvalue weighted by molar-refractivity contribution is 0.0698. The molecule has 19 heavy (non-hydrogen) atoms. The number of likely N-dealkylation sites (tertiary alicyclic amines) is 1. The summed E-state index contributed by atoms with van der Waals surface area (Å²) in [5.41, 5.74) is 0.401. The molecule has 3 N–H and O–H groups in total. The highest BCUT2D eigenvalue weighted by Gasteiger charge is 2.25. The molecule has 0 amide bonds. The van der Waals surface area contributed by atoms with Gasteiger partial charge in [0.25, 0.3) is 0 Å². The molecule has 0 bridgehead atoms. The van der Waals surface area contributed by atoms with Gasteiger partial charge in [-0.1, -0.05) is 0 Å². The van der Waals surface area contributed by atoms with Gasteiger partial charge in [-0.25, -0.2) is 8.78 Å². The molecule has 0 unspecified atom stereocenters. The Morgan fingerprint density at radius 1 is 1.53 bits per heavy atom. The Labute approximate surface area is 114 Å². The second kappa shape index (κ2) is 6.19. The van der Waals surface area contributed by atoms with Crippen molar-refractivity contribution in [3.63, 3.8) is 0 Å². The third-order valence-corrected chi connectivity index (χ3v) is 3.47. The normalized spacial score (nSPS) is 15.9. The minimum absolute atomic E-state index is 0.178. The molecule has 102 valence electrons. The Morgan fingerprint density at radius 2 is 2.26 bits per heavy atom. The number of hydrogen-bond donors (Lipinski definition) is 2. The Hall–Kier alpha value is -1.36. The molecule has 1 aliphatic rings. The van der Waals surface area contributed by atoms with Crippen LogP contribution in [0.4, 0.5) is 14.5 Å². The molecule has 1 fully saturated rings. The number of nitrogens with two attached hydrogens (primary N) is 1. The van der Waals surface area contributed by atoms with Crippen LogP contribution < -0.4 is 10.5 Å². The zero-order chi connectivity index (χ0) is 13.8. The molecule has 1 aliphatic heterocycles. The van der Waals surface area contributed by atoms with Crippen LogP contribution in [0.15, 0.2) is 17.0 Å². The van der Waals surface area contributed by atoms with E-state index in [9.17, 15) is 8.78 Å². The summed E-state index contributed by atoms with van der Waals surface area (Å²) in [5, 5.41) is 17.2. The summed E-state index contributed by atoms with van der Waals surface area (Å²) in [6.45, 7) is 1.95. The van der Waals surface area contributed by atoms with Gasteiger partial charge in [0.2, 0.25) is 0 Å². The first-order valence-corrected chi connectivity index (χ1v) is 6.72. The van der Waals surface area contributed by atoms with Crippen LogP contribution in [0.5, 0.6) is 0 Å². The zero-order valence-corrected chi connectivity index (χ0v) is 11.0. The van der Waals surface area contributed by atoms with Crippen molar-refractivity contribution in [2.24, 2.45) is 5.14 Å². The van der Waals surface area contributed by atoms with E-state index < -0.39 is 12.0 Å². The minimum atomic E-state index is -0.743. The van der Waals surface area contributed by atoms with E-state index in [1.807, 2.05) is 11.0 Å². The van der Waals surface area contributed by atoms with Crippen molar-refractivity contribution in [1.29, 1.82) is 5.26 Å². The van der Waals surface area contributed by atoms with Crippen molar-refractivity contribution in [1.82, 2.24) is 4.90 Å². The molecular formula is C12H14F2N4S. The standard InChI is InChI=1S/C12H14F2N4S/c13-9-6-18(7-9)2-1-17-12-8(5-15)3-10(19-16)4-11(12)14/h3-4,9,17H,1-2,6-7,16H2. The maximum absolute atomic E-state index is 13.8. The quantitative estimate of drug-likeness (QED) is 0.806. The number of rotatable bonds is 5. The number of halogens is 2. The van der Waals surface area contributed by atoms with E-state index in [1.54, 1.807) is 0 Å². The summed E-state index contributed by atoms with van der Waals surface area (Å²) < 4.78 is 26.4. The lowest BCUT2D eigenvalue weighted by Crippen LogP contribution is -2.49. The predicted octanol–water partition coefficient (Wildman–Crippen LogP) is 1.73. The fourth-order valence-corrected chi connectivity index (χ4v) is 2.30. The SMILES string of the molecule is N#Cc1cc(SN)cc(F)c1NCCN1CC(F)C1. The summed E-state index contributed by atoms with van der Waals surface area (Å²) in [6.07, 6.45) is -0.743. The Kier molecular flexibility index (Phi) is 4.58. The molecular weight excluding hydrogens is 270 g/mol. The average molecular weight is 284 g/mol. The summed E-state index contributed by atoms with van der Waals surface area (Å²) in [4.78, 5) is 2.42. The van der Waals surface area contributed by atoms with Crippen molar-refractivity contribution >= 4 is 17.6 Å². The molecule has 0 aromatic heterocycles. The van der Waals surface area contributed by atoms with Gasteiger partial charge in [-0.3, -0.25) is 10.0 Å². The van der Waals surface area contributed by atoms with E-state index in [0.717, 1.165) is 11.9 Å². The largest absolute Gasteiger partial charge is 0.380 e. The van der Waals surface area contributed by atoms with Crippen LogP contribution in [0, 0.1) is 17.1 Å². The van der Waals surface area contributed by atoms with Crippen molar-refractivity contribution in [2.45, 2.75) is 11.1 Å². The molecule has 0 atom stereocenters. The maximum atomic E-state index is 13.8. The first-order valence-electron chi connectivity index (χ1n) is 5.84. The summed E-state index contributed by atoms with van der Waals surface area (Å²) in [5.74, 6) is -0.501. The number of benzene rings is 1. The molecule has 0 aliphatic carbocycles. The van der Waals surface area contributed by atoms with Gasteiger partial charge in [0.1, 0.15) is 18.1 Å². The van der Waals surface area contributed by atoms with Gasteiger partial charge in [-0.15, -0.1) is 0 Å². The van der Waals surface area contributed by atoms with Crippen molar-refractivity contribution in [3.8, 4) is 6.07 Å². The molecule has 4 nitrogen and oxygen atoms in total. The second-order valence-corrected chi connectivity index (χ2v) is 5.05. The van der Waals surface area contributed by atoms with Gasteiger partial charge in [0.15, 0.2) is 0 Å². The van der Waals surface area contributed by atoms with Crippen LogP contribution in [0.1, 0.15) is 5.56 Å². The van der Waals surface area contributed by atoms with Crippen LogP contribution in [0.25, 0.3) is 0 Å². The molecule has 0 radical (unpaired) electrons. The Bertz CT molecular complexity index is 497. The van der Waals surface area contributed by atoms with E-state index in [1.165, 1.54) is 12.1 Å². The van der Waals surface area contributed by atoms with Crippen molar-refractivity contribution in [3.05, 3.63) is 23.5 Å². The number of anilines is 1. The number of nitrogens with one attached hydrogen (secondary N) is 1. The van der Waals surface area contributed by atoms with Gasteiger partial charge in [-0.2, -0.15) is 5.26 Å². The lowest BCUT2D eigenvalue weighted by atomic mass is 10.1. The van der Waals surface area contributed by atoms with Crippen LogP contribution in [-0.2, 0) is 0 Å². The molecule has 1 saturated heterocycles. The molecule has 7 heteroatoms. The smallest absolute Gasteiger partial charge is 0.148 e. The van der Waals surface area contributed by atoms with Crippen LogP contribution in [0.2, 0.25) is 0 Å². The highest BCUT2D eigenvalue weighted by Crippen LogP contribution is 2.25. The zero-order valence-electron chi connectivity index (χ0n) is 10.2. The topological polar surface area (TPSA) is 65.1 Å².